The summed E-state index contributed by atoms with van der Waals surface area (Å²) in [5.41, 5.74) is 2.82. The predicted octanol–water partition coefficient (Wildman–Crippen LogP) is 4.32. The van der Waals surface area contributed by atoms with E-state index in [1.165, 1.54) is 0 Å². The number of hydroxylamine groups is 2. The maximum atomic E-state index is 13.0. The second kappa shape index (κ2) is 14.3. The van der Waals surface area contributed by atoms with Crippen LogP contribution in [0.25, 0.3) is 0 Å². The SMILES string of the molecule is O=C(CCC(=O)ON1C(=O)C2C3C=CC(C3)C2C1=O)OCCOC(=O)N1CCN(C(c2ccccc2)(c2ccccc2)c2ccccc2)CC1. The minimum absolute atomic E-state index is 0.00257. The molecule has 1 saturated carbocycles. The summed E-state index contributed by atoms with van der Waals surface area (Å²) in [5, 5.41) is 0.569. The van der Waals surface area contributed by atoms with Gasteiger partial charge in [0.25, 0.3) is 11.8 Å². The van der Waals surface area contributed by atoms with Gasteiger partial charge in [-0.05, 0) is 34.9 Å². The number of nitrogens with zero attached hydrogens (tertiary/aromatic N) is 3. The number of benzene rings is 3. The molecular formula is C39H39N3O8. The Bertz CT molecular complexity index is 1630. The topological polar surface area (TPSA) is 123 Å². The summed E-state index contributed by atoms with van der Waals surface area (Å²) in [7, 11) is 0. The van der Waals surface area contributed by atoms with Crippen molar-refractivity contribution in [2.75, 3.05) is 39.4 Å². The normalized spacial score (nSPS) is 22.8. The molecule has 0 spiro atoms. The van der Waals surface area contributed by atoms with Crippen LogP contribution in [0.5, 0.6) is 0 Å². The lowest BCUT2D eigenvalue weighted by Crippen LogP contribution is -2.57. The molecule has 3 fully saturated rings. The summed E-state index contributed by atoms with van der Waals surface area (Å²) in [6, 6.07) is 31.2. The van der Waals surface area contributed by atoms with E-state index >= 15 is 0 Å². The maximum absolute atomic E-state index is 13.0. The van der Waals surface area contributed by atoms with Gasteiger partial charge in [0.15, 0.2) is 0 Å². The molecule has 2 aliphatic carbocycles. The maximum Gasteiger partial charge on any atom is 0.409 e. The van der Waals surface area contributed by atoms with Crippen molar-refractivity contribution in [1.29, 1.82) is 0 Å². The Hall–Kier alpha value is -5.29. The largest absolute Gasteiger partial charge is 0.462 e. The molecule has 11 nitrogen and oxygen atoms in total. The molecule has 7 rings (SSSR count). The van der Waals surface area contributed by atoms with Crippen LogP contribution in [0.3, 0.4) is 0 Å². The number of esters is 1. The Balaban J connectivity index is 0.876. The van der Waals surface area contributed by atoms with Crippen LogP contribution in [0.15, 0.2) is 103 Å². The average Bonchev–Trinajstić information content (AvgIpc) is 3.85. The van der Waals surface area contributed by atoms with Crippen LogP contribution >= 0.6 is 0 Å². The van der Waals surface area contributed by atoms with Crippen molar-refractivity contribution in [2.24, 2.45) is 23.7 Å². The number of hydrogen-bond donors (Lipinski definition) is 0. The third kappa shape index (κ3) is 6.17. The van der Waals surface area contributed by atoms with Gasteiger partial charge in [-0.1, -0.05) is 103 Å². The number of carbonyl (C=O) groups is 5. The summed E-state index contributed by atoms with van der Waals surface area (Å²) in [4.78, 5) is 72.1. The van der Waals surface area contributed by atoms with E-state index in [0.29, 0.717) is 31.2 Å². The molecule has 11 heteroatoms. The van der Waals surface area contributed by atoms with Gasteiger partial charge < -0.3 is 19.2 Å². The number of ether oxygens (including phenoxy) is 2. The van der Waals surface area contributed by atoms with Crippen LogP contribution in [-0.4, -0.2) is 84.1 Å². The number of carbonyl (C=O) groups excluding carboxylic acids is 5. The van der Waals surface area contributed by atoms with E-state index in [1.807, 2.05) is 66.7 Å². The van der Waals surface area contributed by atoms with Crippen molar-refractivity contribution in [3.05, 3.63) is 120 Å². The van der Waals surface area contributed by atoms with Crippen LogP contribution < -0.4 is 0 Å². The van der Waals surface area contributed by atoms with E-state index in [1.54, 1.807) is 4.90 Å². The molecule has 3 aromatic carbocycles. The first-order valence-electron chi connectivity index (χ1n) is 17.1. The molecule has 3 amide bonds. The first kappa shape index (κ1) is 33.2. The molecule has 4 unspecified atom stereocenters. The van der Waals surface area contributed by atoms with Crippen LogP contribution in [0, 0.1) is 23.7 Å². The smallest absolute Gasteiger partial charge is 0.409 e. The molecule has 0 N–H and O–H groups in total. The van der Waals surface area contributed by atoms with Gasteiger partial charge in [0.2, 0.25) is 0 Å². The molecule has 4 aliphatic rings. The highest BCUT2D eigenvalue weighted by Gasteiger charge is 2.60. The van der Waals surface area contributed by atoms with Gasteiger partial charge in [-0.15, -0.1) is 5.06 Å². The highest BCUT2D eigenvalue weighted by Crippen LogP contribution is 2.52. The fourth-order valence-corrected chi connectivity index (χ4v) is 8.07. The zero-order valence-corrected chi connectivity index (χ0v) is 27.6. The lowest BCUT2D eigenvalue weighted by molar-refractivity contribution is -0.199. The molecule has 4 atom stereocenters. The van der Waals surface area contributed by atoms with Gasteiger partial charge in [-0.3, -0.25) is 19.3 Å². The lowest BCUT2D eigenvalue weighted by atomic mass is 9.75. The molecule has 258 valence electrons. The second-order valence-electron chi connectivity index (χ2n) is 13.1. The van der Waals surface area contributed by atoms with Gasteiger partial charge in [0.1, 0.15) is 13.2 Å². The Labute approximate surface area is 290 Å². The van der Waals surface area contributed by atoms with E-state index in [9.17, 15) is 24.0 Å². The standard InChI is InChI=1S/C39H39N3O8/c43-32(18-19-33(44)50-42-36(45)34-27-16-17-28(26-27)35(34)37(42)46)48-24-25-49-38(47)40-20-22-41(23-21-40)39(29-10-4-1-5-11-29,30-12-6-2-7-13-30)31-14-8-3-9-15-31/h1-17,27-28,34-35H,18-26H2. The number of amides is 3. The van der Waals surface area contributed by atoms with Crippen molar-refractivity contribution in [3.8, 4) is 0 Å². The molecule has 3 aromatic rings. The van der Waals surface area contributed by atoms with E-state index in [-0.39, 0.29) is 37.9 Å². The Morgan fingerprint density at radius 3 is 1.58 bits per heavy atom. The van der Waals surface area contributed by atoms with Crippen molar-refractivity contribution in [1.82, 2.24) is 14.9 Å². The van der Waals surface area contributed by atoms with Crippen LogP contribution in [0.4, 0.5) is 4.79 Å². The first-order chi connectivity index (χ1) is 24.4. The van der Waals surface area contributed by atoms with Crippen LogP contribution in [-0.2, 0) is 39.0 Å². The van der Waals surface area contributed by atoms with Gasteiger partial charge in [-0.2, -0.15) is 0 Å². The lowest BCUT2D eigenvalue weighted by Gasteiger charge is -2.48. The van der Waals surface area contributed by atoms with Gasteiger partial charge in [0, 0.05) is 26.2 Å². The van der Waals surface area contributed by atoms with Crippen molar-refractivity contribution < 1.29 is 38.3 Å². The number of piperazine rings is 1. The van der Waals surface area contributed by atoms with E-state index in [4.69, 9.17) is 14.3 Å². The van der Waals surface area contributed by atoms with Crippen molar-refractivity contribution >= 4 is 29.8 Å². The van der Waals surface area contributed by atoms with Crippen LogP contribution in [0.1, 0.15) is 36.0 Å². The fraction of sp³-hybridized carbons (Fsp3) is 0.359. The highest BCUT2D eigenvalue weighted by atomic mass is 16.7. The number of imide groups is 1. The molecular weight excluding hydrogens is 638 g/mol. The molecule has 2 heterocycles. The van der Waals surface area contributed by atoms with Crippen molar-refractivity contribution in [2.45, 2.75) is 24.8 Å². The Morgan fingerprint density at radius 2 is 1.08 bits per heavy atom. The monoisotopic (exact) mass is 677 g/mol. The number of allylic oxidation sites excluding steroid dienone is 2. The second-order valence-corrected chi connectivity index (χ2v) is 13.1. The Morgan fingerprint density at radius 1 is 0.620 bits per heavy atom. The first-order valence-corrected chi connectivity index (χ1v) is 17.1. The minimum atomic E-state index is -0.870. The third-order valence-corrected chi connectivity index (χ3v) is 10.3. The highest BCUT2D eigenvalue weighted by molar-refractivity contribution is 6.06. The summed E-state index contributed by atoms with van der Waals surface area (Å²) in [6.07, 6.45) is 3.50. The molecule has 0 radical (unpaired) electrons. The van der Waals surface area contributed by atoms with E-state index < -0.39 is 47.2 Å². The van der Waals surface area contributed by atoms with E-state index in [0.717, 1.165) is 23.1 Å². The molecule has 2 aliphatic heterocycles. The zero-order chi connectivity index (χ0) is 34.7. The average molecular weight is 678 g/mol. The van der Waals surface area contributed by atoms with Gasteiger partial charge >= 0.3 is 18.0 Å². The fourth-order valence-electron chi connectivity index (χ4n) is 8.07. The zero-order valence-electron chi connectivity index (χ0n) is 27.6. The Kier molecular flexibility index (Phi) is 9.49. The summed E-state index contributed by atoms with van der Waals surface area (Å²) in [6.45, 7) is 1.74. The van der Waals surface area contributed by atoms with Gasteiger partial charge in [0.05, 0.1) is 30.2 Å². The van der Waals surface area contributed by atoms with Gasteiger partial charge in [-0.25, -0.2) is 9.59 Å². The minimum Gasteiger partial charge on any atom is -0.462 e. The molecule has 50 heavy (non-hydrogen) atoms. The number of rotatable bonds is 11. The van der Waals surface area contributed by atoms with Crippen LogP contribution in [0.2, 0.25) is 0 Å². The molecule has 2 saturated heterocycles. The summed E-state index contributed by atoms with van der Waals surface area (Å²) >= 11 is 0. The number of fused-ring (bicyclic) bond motifs is 5. The van der Waals surface area contributed by atoms with E-state index in [2.05, 4.69) is 41.3 Å². The van der Waals surface area contributed by atoms with Crippen molar-refractivity contribution in [3.63, 3.8) is 0 Å². The molecule has 2 bridgehead atoms. The summed E-state index contributed by atoms with van der Waals surface area (Å²) < 4.78 is 10.6. The number of hydrogen-bond acceptors (Lipinski definition) is 9. The third-order valence-electron chi connectivity index (χ3n) is 10.3. The molecule has 0 aromatic heterocycles. The quantitative estimate of drug-likeness (QED) is 0.0960. The predicted molar refractivity (Wildman–Crippen MR) is 180 cm³/mol. The summed E-state index contributed by atoms with van der Waals surface area (Å²) in [5.74, 6) is -3.52.